The number of aldehydes is 1. The first kappa shape index (κ1) is 10.5. The highest BCUT2D eigenvalue weighted by atomic mass is 16.3. The molecular weight excluding hydrogens is 230 g/mol. The number of pyridine rings is 1. The third kappa shape index (κ3) is 1.62. The number of hydrogen-bond donors (Lipinski definition) is 1. The van der Waals surface area contributed by atoms with E-state index in [1.54, 1.807) is 40.9 Å². The van der Waals surface area contributed by atoms with Gasteiger partial charge in [-0.25, -0.2) is 0 Å². The van der Waals surface area contributed by atoms with Crippen molar-refractivity contribution in [1.29, 1.82) is 0 Å². The minimum atomic E-state index is 0.163. The Bertz CT molecular complexity index is 734. The number of phenolic OH excluding ortho intramolecular Hbond substituents is 1. The maximum atomic E-state index is 10.8. The van der Waals surface area contributed by atoms with E-state index in [9.17, 15) is 9.90 Å². The largest absolute Gasteiger partial charge is 0.508 e. The topological polar surface area (TPSA) is 67.5 Å². The molecule has 0 amide bonds. The first-order valence-corrected chi connectivity index (χ1v) is 5.37. The Balaban J connectivity index is 2.26. The second kappa shape index (κ2) is 3.96. The lowest BCUT2D eigenvalue weighted by Gasteiger charge is -2.01. The zero-order valence-electron chi connectivity index (χ0n) is 9.32. The van der Waals surface area contributed by atoms with Crippen LogP contribution in [0, 0.1) is 0 Å². The smallest absolute Gasteiger partial charge is 0.168 e. The molecular formula is C13H9N3O2. The Labute approximate surface area is 102 Å². The normalized spacial score (nSPS) is 10.7. The SMILES string of the molecule is O=Cc1ccc2nnc(-c3cccc(O)c3)n2c1. The Kier molecular flexibility index (Phi) is 2.30. The number of carbonyl (C=O) groups is 1. The molecule has 0 fully saturated rings. The Morgan fingerprint density at radius 1 is 1.17 bits per heavy atom. The summed E-state index contributed by atoms with van der Waals surface area (Å²) >= 11 is 0. The Hall–Kier alpha value is -2.69. The van der Waals surface area contributed by atoms with Crippen molar-refractivity contribution in [2.45, 2.75) is 0 Å². The van der Waals surface area contributed by atoms with Crippen LogP contribution in [0.3, 0.4) is 0 Å². The standard InChI is InChI=1S/C13H9N3O2/c17-8-9-4-5-12-14-15-13(16(12)7-9)10-2-1-3-11(18)6-10/h1-8,18H. The fourth-order valence-electron chi connectivity index (χ4n) is 1.82. The van der Waals surface area contributed by atoms with Crippen LogP contribution in [0.25, 0.3) is 17.0 Å². The van der Waals surface area contributed by atoms with Crippen molar-refractivity contribution >= 4 is 11.9 Å². The molecule has 0 radical (unpaired) electrons. The van der Waals surface area contributed by atoms with Crippen LogP contribution in [0.15, 0.2) is 42.6 Å². The summed E-state index contributed by atoms with van der Waals surface area (Å²) in [6, 6.07) is 10.2. The van der Waals surface area contributed by atoms with E-state index in [0.717, 1.165) is 11.8 Å². The predicted octanol–water partition coefficient (Wildman–Crippen LogP) is 1.91. The summed E-state index contributed by atoms with van der Waals surface area (Å²) in [7, 11) is 0. The van der Waals surface area contributed by atoms with Crippen LogP contribution >= 0.6 is 0 Å². The van der Waals surface area contributed by atoms with E-state index < -0.39 is 0 Å². The number of hydrogen-bond acceptors (Lipinski definition) is 4. The maximum Gasteiger partial charge on any atom is 0.168 e. The van der Waals surface area contributed by atoms with Gasteiger partial charge in [-0.2, -0.15) is 0 Å². The van der Waals surface area contributed by atoms with Crippen molar-refractivity contribution in [3.63, 3.8) is 0 Å². The fourth-order valence-corrected chi connectivity index (χ4v) is 1.82. The van der Waals surface area contributed by atoms with Gasteiger partial charge >= 0.3 is 0 Å². The van der Waals surface area contributed by atoms with E-state index in [1.165, 1.54) is 0 Å². The van der Waals surface area contributed by atoms with Gasteiger partial charge in [0.25, 0.3) is 0 Å². The van der Waals surface area contributed by atoms with Crippen molar-refractivity contribution in [3.05, 3.63) is 48.2 Å². The van der Waals surface area contributed by atoms with Crippen LogP contribution in [-0.2, 0) is 0 Å². The molecule has 2 heterocycles. The molecule has 0 spiro atoms. The summed E-state index contributed by atoms with van der Waals surface area (Å²) in [5, 5.41) is 17.6. The summed E-state index contributed by atoms with van der Waals surface area (Å²) < 4.78 is 1.72. The van der Waals surface area contributed by atoms with Crippen molar-refractivity contribution in [1.82, 2.24) is 14.6 Å². The number of aromatic nitrogens is 3. The Morgan fingerprint density at radius 3 is 2.83 bits per heavy atom. The van der Waals surface area contributed by atoms with Crippen LogP contribution in [0.1, 0.15) is 10.4 Å². The monoisotopic (exact) mass is 239 g/mol. The molecule has 0 bridgehead atoms. The van der Waals surface area contributed by atoms with Crippen molar-refractivity contribution in [2.75, 3.05) is 0 Å². The van der Waals surface area contributed by atoms with E-state index in [-0.39, 0.29) is 5.75 Å². The summed E-state index contributed by atoms with van der Waals surface area (Å²) in [6.45, 7) is 0. The highest BCUT2D eigenvalue weighted by Gasteiger charge is 2.08. The number of nitrogens with zero attached hydrogens (tertiary/aromatic N) is 3. The zero-order valence-corrected chi connectivity index (χ0v) is 9.32. The number of aromatic hydroxyl groups is 1. The number of fused-ring (bicyclic) bond motifs is 1. The lowest BCUT2D eigenvalue weighted by molar-refractivity contribution is 0.112. The van der Waals surface area contributed by atoms with Crippen molar-refractivity contribution in [2.24, 2.45) is 0 Å². The van der Waals surface area contributed by atoms with Gasteiger partial charge in [-0.1, -0.05) is 12.1 Å². The van der Waals surface area contributed by atoms with Gasteiger partial charge in [0.1, 0.15) is 5.75 Å². The van der Waals surface area contributed by atoms with Gasteiger partial charge in [0.05, 0.1) is 0 Å². The lowest BCUT2D eigenvalue weighted by atomic mass is 10.2. The fraction of sp³-hybridized carbons (Fsp3) is 0. The third-order valence-electron chi connectivity index (χ3n) is 2.67. The van der Waals surface area contributed by atoms with Crippen LogP contribution in [-0.4, -0.2) is 26.0 Å². The Morgan fingerprint density at radius 2 is 2.06 bits per heavy atom. The molecule has 18 heavy (non-hydrogen) atoms. The van der Waals surface area contributed by atoms with Crippen molar-refractivity contribution < 1.29 is 9.90 Å². The van der Waals surface area contributed by atoms with E-state index in [2.05, 4.69) is 10.2 Å². The molecule has 3 rings (SSSR count). The summed E-state index contributed by atoms with van der Waals surface area (Å²) in [4.78, 5) is 10.8. The summed E-state index contributed by atoms with van der Waals surface area (Å²) in [6.07, 6.45) is 2.44. The third-order valence-corrected chi connectivity index (χ3v) is 2.67. The maximum absolute atomic E-state index is 10.8. The molecule has 5 nitrogen and oxygen atoms in total. The van der Waals surface area contributed by atoms with Gasteiger partial charge in [0.2, 0.25) is 0 Å². The molecule has 0 unspecified atom stereocenters. The van der Waals surface area contributed by atoms with E-state index in [4.69, 9.17) is 0 Å². The first-order valence-electron chi connectivity index (χ1n) is 5.37. The molecule has 1 aromatic carbocycles. The molecule has 3 aromatic rings. The molecule has 1 N–H and O–H groups in total. The number of benzene rings is 1. The average molecular weight is 239 g/mol. The molecule has 0 saturated carbocycles. The minimum absolute atomic E-state index is 0.163. The van der Waals surface area contributed by atoms with E-state index >= 15 is 0 Å². The zero-order chi connectivity index (χ0) is 12.5. The van der Waals surface area contributed by atoms with Crippen molar-refractivity contribution in [3.8, 4) is 17.1 Å². The molecule has 5 heteroatoms. The van der Waals surface area contributed by atoms with Crippen LogP contribution in [0.5, 0.6) is 5.75 Å². The molecule has 2 aromatic heterocycles. The average Bonchev–Trinajstić information content (AvgIpc) is 2.81. The number of rotatable bonds is 2. The predicted molar refractivity (Wildman–Crippen MR) is 65.5 cm³/mol. The molecule has 0 aliphatic carbocycles. The quantitative estimate of drug-likeness (QED) is 0.694. The van der Waals surface area contributed by atoms with E-state index in [1.807, 2.05) is 6.07 Å². The van der Waals surface area contributed by atoms with Gasteiger partial charge in [0, 0.05) is 17.3 Å². The van der Waals surface area contributed by atoms with Crippen LogP contribution in [0.4, 0.5) is 0 Å². The van der Waals surface area contributed by atoms with Gasteiger partial charge in [-0.05, 0) is 24.3 Å². The molecule has 0 aliphatic heterocycles. The highest BCUT2D eigenvalue weighted by Crippen LogP contribution is 2.22. The minimum Gasteiger partial charge on any atom is -0.508 e. The second-order valence-electron chi connectivity index (χ2n) is 3.88. The van der Waals surface area contributed by atoms with Gasteiger partial charge < -0.3 is 5.11 Å². The van der Waals surface area contributed by atoms with Gasteiger partial charge in [0.15, 0.2) is 17.8 Å². The molecule has 0 atom stereocenters. The van der Waals surface area contributed by atoms with Gasteiger partial charge in [-0.3, -0.25) is 9.20 Å². The van der Waals surface area contributed by atoms with Gasteiger partial charge in [-0.15, -0.1) is 10.2 Å². The molecule has 0 saturated heterocycles. The lowest BCUT2D eigenvalue weighted by Crippen LogP contribution is -1.91. The number of carbonyl (C=O) groups excluding carboxylic acids is 1. The summed E-state index contributed by atoms with van der Waals surface area (Å²) in [5.41, 5.74) is 1.94. The first-order chi connectivity index (χ1) is 8.78. The second-order valence-corrected chi connectivity index (χ2v) is 3.88. The number of phenols is 1. The van der Waals surface area contributed by atoms with E-state index in [0.29, 0.717) is 17.0 Å². The van der Waals surface area contributed by atoms with Crippen LogP contribution < -0.4 is 0 Å². The summed E-state index contributed by atoms with van der Waals surface area (Å²) in [5.74, 6) is 0.750. The molecule has 0 aliphatic rings. The van der Waals surface area contributed by atoms with Crippen LogP contribution in [0.2, 0.25) is 0 Å². The molecule has 88 valence electrons. The highest BCUT2D eigenvalue weighted by molar-refractivity contribution is 5.75.